The smallest absolute Gasteiger partial charge is 0.137 e. The number of amidine groups is 2. The van der Waals surface area contributed by atoms with E-state index in [1.807, 2.05) is 24.3 Å². The Morgan fingerprint density at radius 1 is 1.25 bits per heavy atom. The molecule has 0 amide bonds. The second-order valence-electron chi connectivity index (χ2n) is 5.31. The van der Waals surface area contributed by atoms with E-state index in [4.69, 9.17) is 26.6 Å². The number of fused-ring (bicyclic) bond motifs is 1. The summed E-state index contributed by atoms with van der Waals surface area (Å²) in [7, 11) is 0. The van der Waals surface area contributed by atoms with Crippen LogP contribution in [0.4, 0.5) is 5.69 Å². The minimum atomic E-state index is 0.180. The molecule has 0 spiro atoms. The third kappa shape index (κ3) is 3.02. The Hall–Kier alpha value is -2.31. The van der Waals surface area contributed by atoms with Gasteiger partial charge in [0.2, 0.25) is 0 Å². The highest BCUT2D eigenvalue weighted by Crippen LogP contribution is 2.31. The molecule has 3 rings (SSSR count). The molecule has 0 fully saturated rings. The van der Waals surface area contributed by atoms with Crippen molar-refractivity contribution in [3.8, 4) is 5.75 Å². The predicted octanol–water partition coefficient (Wildman–Crippen LogP) is 4.20. The minimum absolute atomic E-state index is 0.180. The van der Waals surface area contributed by atoms with E-state index in [-0.39, 0.29) is 18.2 Å². The average Bonchev–Trinajstić information content (AvgIpc) is 2.71. The van der Waals surface area contributed by atoms with Crippen LogP contribution in [0.5, 0.6) is 5.75 Å². The van der Waals surface area contributed by atoms with Crippen molar-refractivity contribution >= 4 is 47.6 Å². The van der Waals surface area contributed by atoms with E-state index in [9.17, 15) is 0 Å². The molecule has 1 heterocycles. The minimum Gasteiger partial charge on any atom is -0.429 e. The van der Waals surface area contributed by atoms with Crippen LogP contribution in [0.15, 0.2) is 47.5 Å². The first-order valence-electron chi connectivity index (χ1n) is 7.20. The van der Waals surface area contributed by atoms with Gasteiger partial charge in [0.1, 0.15) is 17.4 Å². The highest BCUT2D eigenvalue weighted by molar-refractivity contribution is 7.75. The summed E-state index contributed by atoms with van der Waals surface area (Å²) in [6, 6.07) is 12.7. The summed E-state index contributed by atoms with van der Waals surface area (Å²) in [6.07, 6.45) is 0. The monoisotopic (exact) mass is 358 g/mol. The number of anilines is 1. The third-order valence-corrected chi connectivity index (χ3v) is 4.14. The predicted molar refractivity (Wildman–Crippen MR) is 102 cm³/mol. The Labute approximate surface area is 150 Å². The molecule has 122 valence electrons. The van der Waals surface area contributed by atoms with Crippen LogP contribution in [0.25, 0.3) is 0 Å². The SMILES string of the molecule is CC(=N)N1C(=N)CN=C(c2ccc(Cl)cc2)c2cc(OS)ccc21. The van der Waals surface area contributed by atoms with E-state index in [1.165, 1.54) is 0 Å². The molecular weight excluding hydrogens is 344 g/mol. The molecule has 24 heavy (non-hydrogen) atoms. The molecule has 0 aliphatic carbocycles. The summed E-state index contributed by atoms with van der Waals surface area (Å²) >= 11 is 9.84. The van der Waals surface area contributed by atoms with E-state index >= 15 is 0 Å². The highest BCUT2D eigenvalue weighted by Gasteiger charge is 2.25. The molecule has 2 N–H and O–H groups in total. The van der Waals surface area contributed by atoms with Crippen LogP contribution in [-0.4, -0.2) is 23.9 Å². The van der Waals surface area contributed by atoms with Crippen LogP contribution in [0.2, 0.25) is 5.02 Å². The fourth-order valence-corrected chi connectivity index (χ4v) is 2.89. The van der Waals surface area contributed by atoms with Gasteiger partial charge in [-0.15, -0.1) is 0 Å². The zero-order valence-corrected chi connectivity index (χ0v) is 14.5. The van der Waals surface area contributed by atoms with Crippen LogP contribution in [0.3, 0.4) is 0 Å². The van der Waals surface area contributed by atoms with Gasteiger partial charge in [-0.1, -0.05) is 23.7 Å². The van der Waals surface area contributed by atoms with Crippen molar-refractivity contribution in [2.24, 2.45) is 4.99 Å². The fraction of sp³-hybridized carbons (Fsp3) is 0.118. The van der Waals surface area contributed by atoms with Gasteiger partial charge in [0.05, 0.1) is 17.9 Å². The Kier molecular flexibility index (Phi) is 4.59. The van der Waals surface area contributed by atoms with Crippen LogP contribution in [-0.2, 0) is 0 Å². The number of rotatable bonds is 2. The molecule has 0 saturated carbocycles. The fourth-order valence-electron chi connectivity index (χ4n) is 2.65. The first-order chi connectivity index (χ1) is 11.5. The van der Waals surface area contributed by atoms with Gasteiger partial charge in [-0.25, -0.2) is 0 Å². The Balaban J connectivity index is 2.23. The number of aliphatic imine (C=N–C) groups is 1. The van der Waals surface area contributed by atoms with Crippen molar-refractivity contribution in [1.29, 1.82) is 10.8 Å². The largest absolute Gasteiger partial charge is 0.429 e. The molecule has 7 heteroatoms. The van der Waals surface area contributed by atoms with Crippen LogP contribution in [0, 0.1) is 10.8 Å². The van der Waals surface area contributed by atoms with E-state index in [0.29, 0.717) is 16.5 Å². The lowest BCUT2D eigenvalue weighted by Crippen LogP contribution is -2.35. The topological polar surface area (TPSA) is 72.5 Å². The number of thiol groups is 1. The zero-order valence-electron chi connectivity index (χ0n) is 12.9. The van der Waals surface area contributed by atoms with Gasteiger partial charge in [0.25, 0.3) is 0 Å². The van der Waals surface area contributed by atoms with Crippen molar-refractivity contribution in [1.82, 2.24) is 0 Å². The molecule has 0 aromatic heterocycles. The van der Waals surface area contributed by atoms with Crippen molar-refractivity contribution in [3.63, 3.8) is 0 Å². The number of halogens is 1. The molecule has 0 unspecified atom stereocenters. The van der Waals surface area contributed by atoms with Crippen molar-refractivity contribution in [3.05, 3.63) is 58.6 Å². The van der Waals surface area contributed by atoms with E-state index in [2.05, 4.69) is 17.9 Å². The van der Waals surface area contributed by atoms with Gasteiger partial charge in [-0.3, -0.25) is 20.7 Å². The van der Waals surface area contributed by atoms with Gasteiger partial charge in [0, 0.05) is 29.1 Å². The number of nitrogens with zero attached hydrogens (tertiary/aromatic N) is 2. The van der Waals surface area contributed by atoms with Gasteiger partial charge < -0.3 is 4.18 Å². The lowest BCUT2D eigenvalue weighted by Gasteiger charge is -2.23. The number of hydrogen-bond donors (Lipinski definition) is 3. The van der Waals surface area contributed by atoms with Gasteiger partial charge in [0.15, 0.2) is 0 Å². The molecule has 0 saturated heterocycles. The first-order valence-corrected chi connectivity index (χ1v) is 7.94. The number of nitrogens with one attached hydrogen (secondary N) is 2. The lowest BCUT2D eigenvalue weighted by atomic mass is 10.00. The molecule has 0 radical (unpaired) electrons. The van der Waals surface area contributed by atoms with Crippen LogP contribution >= 0.6 is 24.5 Å². The zero-order chi connectivity index (χ0) is 17.3. The molecule has 5 nitrogen and oxygen atoms in total. The molecule has 0 atom stereocenters. The van der Waals surface area contributed by atoms with E-state index in [0.717, 1.165) is 16.8 Å². The molecular formula is C17H15ClN4OS. The lowest BCUT2D eigenvalue weighted by molar-refractivity contribution is 0.659. The molecule has 1 aliphatic rings. The standard InChI is InChI=1S/C17H15ClN4OS/c1-10(19)22-15-7-6-13(23-24)8-14(15)17(21-9-16(22)20)11-2-4-12(18)5-3-11/h2-8,19-20,24H,9H2,1H3. The highest BCUT2D eigenvalue weighted by atomic mass is 35.5. The average molecular weight is 359 g/mol. The van der Waals surface area contributed by atoms with Gasteiger partial charge in [-0.2, -0.15) is 0 Å². The number of benzodiazepines with no additional fused rings is 1. The molecule has 1 aliphatic heterocycles. The first kappa shape index (κ1) is 16.5. The summed E-state index contributed by atoms with van der Waals surface area (Å²) in [6.45, 7) is 1.83. The van der Waals surface area contributed by atoms with Crippen LogP contribution in [0.1, 0.15) is 18.1 Å². The van der Waals surface area contributed by atoms with Crippen molar-refractivity contribution < 1.29 is 4.18 Å². The maximum atomic E-state index is 8.24. The number of hydrogen-bond acceptors (Lipinski definition) is 5. The molecule has 2 aromatic carbocycles. The second-order valence-corrected chi connectivity index (χ2v) is 5.93. The normalized spacial score (nSPS) is 13.9. The third-order valence-electron chi connectivity index (χ3n) is 3.68. The Bertz CT molecular complexity index is 848. The summed E-state index contributed by atoms with van der Waals surface area (Å²) in [5.74, 6) is 1.07. The van der Waals surface area contributed by atoms with Crippen molar-refractivity contribution in [2.75, 3.05) is 11.4 Å². The molecule has 2 aromatic rings. The van der Waals surface area contributed by atoms with Gasteiger partial charge in [-0.05, 0) is 37.3 Å². The molecule has 0 bridgehead atoms. The van der Waals surface area contributed by atoms with E-state index < -0.39 is 0 Å². The van der Waals surface area contributed by atoms with E-state index in [1.54, 1.807) is 30.0 Å². The quantitative estimate of drug-likeness (QED) is 0.326. The van der Waals surface area contributed by atoms with Gasteiger partial charge >= 0.3 is 0 Å². The number of benzene rings is 2. The Morgan fingerprint density at radius 2 is 1.96 bits per heavy atom. The summed E-state index contributed by atoms with van der Waals surface area (Å²) in [5, 5.41) is 16.9. The summed E-state index contributed by atoms with van der Waals surface area (Å²) in [4.78, 5) is 6.16. The summed E-state index contributed by atoms with van der Waals surface area (Å²) in [5.41, 5.74) is 3.10. The van der Waals surface area contributed by atoms with Crippen LogP contribution < -0.4 is 9.08 Å². The maximum absolute atomic E-state index is 8.24. The Morgan fingerprint density at radius 3 is 2.58 bits per heavy atom. The maximum Gasteiger partial charge on any atom is 0.137 e. The second kappa shape index (κ2) is 6.67. The van der Waals surface area contributed by atoms with Crippen molar-refractivity contribution in [2.45, 2.75) is 6.92 Å². The summed E-state index contributed by atoms with van der Waals surface area (Å²) < 4.78 is 5.04.